The molecule has 0 spiro atoms. The lowest BCUT2D eigenvalue weighted by molar-refractivity contribution is -0.129. The van der Waals surface area contributed by atoms with Crippen molar-refractivity contribution < 1.29 is 28.7 Å². The lowest BCUT2D eigenvalue weighted by Gasteiger charge is -2.36. The summed E-state index contributed by atoms with van der Waals surface area (Å²) >= 11 is 0. The fraction of sp³-hybridized carbons (Fsp3) is 0.750. The van der Waals surface area contributed by atoms with Crippen molar-refractivity contribution in [1.82, 2.24) is 20.4 Å². The third-order valence-corrected chi connectivity index (χ3v) is 6.37. The highest BCUT2D eigenvalue weighted by atomic mass is 16.6. The van der Waals surface area contributed by atoms with Gasteiger partial charge < -0.3 is 24.6 Å². The lowest BCUT2D eigenvalue weighted by Crippen LogP contribution is -2.61. The number of ether oxygens (including phenoxy) is 2. The van der Waals surface area contributed by atoms with E-state index in [4.69, 9.17) is 9.47 Å². The van der Waals surface area contributed by atoms with Crippen LogP contribution in [0.3, 0.4) is 0 Å². The number of nitrogens with one attached hydrogen (secondary N) is 2. The topological polar surface area (TPSA) is 117 Å². The highest BCUT2D eigenvalue weighted by Crippen LogP contribution is 2.27. The van der Waals surface area contributed by atoms with E-state index in [1.54, 1.807) is 19.2 Å². The minimum atomic E-state index is -1.01. The van der Waals surface area contributed by atoms with Gasteiger partial charge in [0.15, 0.2) is 11.6 Å². The number of fused-ring (bicyclic) bond motifs is 2. The van der Waals surface area contributed by atoms with Crippen LogP contribution in [0.4, 0.5) is 9.59 Å². The second-order valence-electron chi connectivity index (χ2n) is 9.98. The Balaban J connectivity index is 2.32. The fourth-order valence-corrected chi connectivity index (χ4v) is 4.38. The monoisotopic (exact) mass is 480 g/mol. The smallest absolute Gasteiger partial charge is 0.410 e. The second kappa shape index (κ2) is 11.8. The van der Waals surface area contributed by atoms with Gasteiger partial charge >= 0.3 is 12.2 Å². The van der Waals surface area contributed by atoms with Crippen LogP contribution in [0.15, 0.2) is 12.2 Å². The molecule has 2 heterocycles. The Hall–Kier alpha value is -2.46. The summed E-state index contributed by atoms with van der Waals surface area (Å²) in [6.45, 7) is 10.2. The van der Waals surface area contributed by atoms with E-state index in [9.17, 15) is 19.2 Å². The first-order valence-corrected chi connectivity index (χ1v) is 11.9. The fourth-order valence-electron chi connectivity index (χ4n) is 4.38. The van der Waals surface area contributed by atoms with Gasteiger partial charge in [-0.1, -0.05) is 13.8 Å². The van der Waals surface area contributed by atoms with Gasteiger partial charge in [-0.3, -0.25) is 14.9 Å². The molecule has 0 radical (unpaired) electrons. The van der Waals surface area contributed by atoms with Gasteiger partial charge in [-0.25, -0.2) is 9.59 Å². The van der Waals surface area contributed by atoms with Gasteiger partial charge in [-0.05, 0) is 45.8 Å². The molecule has 34 heavy (non-hydrogen) atoms. The summed E-state index contributed by atoms with van der Waals surface area (Å²) in [4.78, 5) is 54.4. The summed E-state index contributed by atoms with van der Waals surface area (Å²) in [5.41, 5.74) is -1.94. The predicted molar refractivity (Wildman–Crippen MR) is 128 cm³/mol. The summed E-state index contributed by atoms with van der Waals surface area (Å²) in [5.74, 6) is -0.422. The minimum Gasteiger partial charge on any atom is -0.445 e. The van der Waals surface area contributed by atoms with Crippen molar-refractivity contribution in [3.8, 4) is 0 Å². The molecule has 1 saturated heterocycles. The van der Waals surface area contributed by atoms with Gasteiger partial charge in [0.25, 0.3) is 0 Å². The van der Waals surface area contributed by atoms with Crippen molar-refractivity contribution in [2.75, 3.05) is 46.4 Å². The Morgan fingerprint density at radius 1 is 1.03 bits per heavy atom. The zero-order chi connectivity index (χ0) is 25.5. The maximum Gasteiger partial charge on any atom is 0.410 e. The van der Waals surface area contributed by atoms with Crippen LogP contribution in [-0.4, -0.2) is 97.1 Å². The number of carbonyl (C=O) groups excluding carboxylic acids is 4. The molecule has 0 aromatic heterocycles. The zero-order valence-corrected chi connectivity index (χ0v) is 21.3. The van der Waals surface area contributed by atoms with Crippen molar-refractivity contribution in [3.63, 3.8) is 0 Å². The Labute approximate surface area is 202 Å². The predicted octanol–water partition coefficient (Wildman–Crippen LogP) is 1.74. The van der Waals surface area contributed by atoms with Crippen molar-refractivity contribution >= 4 is 23.8 Å². The molecule has 2 bridgehead atoms. The van der Waals surface area contributed by atoms with Crippen LogP contribution >= 0.6 is 0 Å². The molecule has 2 aliphatic heterocycles. The number of hydrogen-bond donors (Lipinski definition) is 2. The molecule has 2 aliphatic rings. The molecule has 0 aliphatic carbocycles. The minimum absolute atomic E-state index is 0.0252. The van der Waals surface area contributed by atoms with Gasteiger partial charge in [0, 0.05) is 38.6 Å². The average molecular weight is 481 g/mol. The summed E-state index contributed by atoms with van der Waals surface area (Å²) < 4.78 is 10.5. The third-order valence-electron chi connectivity index (χ3n) is 6.37. The van der Waals surface area contributed by atoms with Crippen LogP contribution in [-0.2, 0) is 19.1 Å². The molecular formula is C24H40N4O6. The maximum atomic E-state index is 13.4. The van der Waals surface area contributed by atoms with Crippen LogP contribution < -0.4 is 10.6 Å². The molecule has 0 aromatic carbocycles. The lowest BCUT2D eigenvalue weighted by atomic mass is 9.85. The van der Waals surface area contributed by atoms with Crippen LogP contribution in [0.5, 0.6) is 0 Å². The van der Waals surface area contributed by atoms with Crippen molar-refractivity contribution in [1.29, 1.82) is 0 Å². The number of cyclic esters (lactones) is 2. The quantitative estimate of drug-likeness (QED) is 0.585. The highest BCUT2D eigenvalue weighted by Gasteiger charge is 2.47. The van der Waals surface area contributed by atoms with E-state index in [0.717, 1.165) is 0 Å². The Morgan fingerprint density at radius 3 is 2.24 bits per heavy atom. The van der Waals surface area contributed by atoms with Crippen molar-refractivity contribution in [3.05, 3.63) is 12.2 Å². The van der Waals surface area contributed by atoms with E-state index in [2.05, 4.69) is 10.6 Å². The molecule has 1 fully saturated rings. The molecule has 0 unspecified atom stereocenters. The number of amides is 2. The number of ketones is 2. The summed E-state index contributed by atoms with van der Waals surface area (Å²) in [7, 11) is 1.62. The third kappa shape index (κ3) is 7.02. The number of rotatable bonds is 4. The van der Waals surface area contributed by atoms with Crippen molar-refractivity contribution in [2.24, 2.45) is 5.92 Å². The van der Waals surface area contributed by atoms with Crippen molar-refractivity contribution in [2.45, 2.75) is 64.6 Å². The first kappa shape index (κ1) is 27.8. The molecule has 0 aromatic rings. The Bertz CT molecular complexity index is 798. The molecule has 10 nitrogen and oxygen atoms in total. The Morgan fingerprint density at radius 2 is 1.65 bits per heavy atom. The number of nitrogens with zero attached hydrogens (tertiary/aromatic N) is 2. The van der Waals surface area contributed by atoms with Crippen LogP contribution in [0.2, 0.25) is 0 Å². The van der Waals surface area contributed by atoms with Crippen LogP contribution in [0, 0.1) is 5.92 Å². The van der Waals surface area contributed by atoms with Crippen LogP contribution in [0.25, 0.3) is 0 Å². The van der Waals surface area contributed by atoms with E-state index in [0.29, 0.717) is 25.9 Å². The van der Waals surface area contributed by atoms with Crippen LogP contribution in [0.1, 0.15) is 47.5 Å². The molecule has 192 valence electrons. The van der Waals surface area contributed by atoms with Gasteiger partial charge in [0.2, 0.25) is 0 Å². The molecule has 2 atom stereocenters. The molecule has 10 heteroatoms. The number of carbonyl (C=O) groups is 4. The van der Waals surface area contributed by atoms with E-state index in [1.165, 1.54) is 9.80 Å². The second-order valence-corrected chi connectivity index (χ2v) is 9.98. The summed E-state index contributed by atoms with van der Waals surface area (Å²) in [5, 5.41) is 6.55. The van der Waals surface area contributed by atoms with Gasteiger partial charge in [-0.2, -0.15) is 0 Å². The molecule has 2 rings (SSSR count). The number of Topliss-reactive ketones (excluding diaryl/α,β-unsaturated/α-hetero) is 2. The first-order chi connectivity index (χ1) is 15.9. The normalized spacial score (nSPS) is 29.0. The highest BCUT2D eigenvalue weighted by molar-refractivity contribution is 5.94. The largest absolute Gasteiger partial charge is 0.445 e. The van der Waals surface area contributed by atoms with Gasteiger partial charge in [-0.15, -0.1) is 0 Å². The van der Waals surface area contributed by atoms with E-state index in [-0.39, 0.29) is 49.8 Å². The Kier molecular flexibility index (Phi) is 9.64. The SMILES string of the molecule is CC(C)N[C@@]1(C)CCN(C)C(=O)OC/C=C/COC(=O)N2CC[C@@](C(=O)C(C)C)(C2)NCC1=O. The summed E-state index contributed by atoms with van der Waals surface area (Å²) in [6.07, 6.45) is 2.95. The molecular weight excluding hydrogens is 440 g/mol. The molecule has 2 N–H and O–H groups in total. The maximum absolute atomic E-state index is 13.4. The zero-order valence-electron chi connectivity index (χ0n) is 21.3. The summed E-state index contributed by atoms with van der Waals surface area (Å²) in [6, 6.07) is 0.0252. The standard InChI is InChI=1S/C24H40N4O6/c1-17(2)20(30)24-10-12-28(16-24)22(32)34-14-8-7-13-33-21(31)27(6)11-9-23(5,26-18(3)4)19(29)15-25-24/h7-8,17-18,25-26H,9-16H2,1-6H3/b8-7+/t23-,24-/m0/s1. The first-order valence-electron chi connectivity index (χ1n) is 11.9. The van der Waals surface area contributed by atoms with Gasteiger partial charge in [0.1, 0.15) is 13.2 Å². The molecule has 0 saturated carbocycles. The van der Waals surface area contributed by atoms with E-state index < -0.39 is 23.3 Å². The van der Waals surface area contributed by atoms with Gasteiger partial charge in [0.05, 0.1) is 17.6 Å². The van der Waals surface area contributed by atoms with E-state index in [1.807, 2.05) is 34.6 Å². The number of hydrogen-bond acceptors (Lipinski definition) is 8. The van der Waals surface area contributed by atoms with E-state index >= 15 is 0 Å². The molecule has 2 amide bonds. The average Bonchev–Trinajstić information content (AvgIpc) is 3.21.